The molecule has 1 N–H and O–H groups in total. The molecule has 1 fully saturated rings. The highest BCUT2D eigenvalue weighted by molar-refractivity contribution is 5.96. The van der Waals surface area contributed by atoms with Gasteiger partial charge in [-0.05, 0) is 43.7 Å². The zero-order valence-electron chi connectivity index (χ0n) is 17.2. The van der Waals surface area contributed by atoms with Crippen LogP contribution in [-0.2, 0) is 0 Å². The Labute approximate surface area is 176 Å². The van der Waals surface area contributed by atoms with E-state index < -0.39 is 6.09 Å². The van der Waals surface area contributed by atoms with Crippen LogP contribution >= 0.6 is 0 Å². The van der Waals surface area contributed by atoms with Crippen LogP contribution in [0.2, 0.25) is 0 Å². The maximum atomic E-state index is 11.1. The van der Waals surface area contributed by atoms with Crippen LogP contribution in [-0.4, -0.2) is 46.4 Å². The Morgan fingerprint density at radius 1 is 1.10 bits per heavy atom. The lowest BCUT2D eigenvalue weighted by molar-refractivity contribution is 0.0902. The molecule has 0 aliphatic carbocycles. The number of pyridine rings is 1. The van der Waals surface area contributed by atoms with Crippen molar-refractivity contribution in [3.8, 4) is 22.6 Å². The van der Waals surface area contributed by atoms with E-state index >= 15 is 0 Å². The van der Waals surface area contributed by atoms with Gasteiger partial charge in [0.25, 0.3) is 0 Å². The molecule has 1 aliphatic rings. The first-order valence-corrected chi connectivity index (χ1v) is 10.3. The molecule has 0 radical (unpaired) electrons. The van der Waals surface area contributed by atoms with Gasteiger partial charge in [0.15, 0.2) is 0 Å². The number of hydrogen-bond donors (Lipinski definition) is 1. The SMILES string of the molecule is CC(C)Oc1ccc(-c2cccc3c(OC4CCN(C(=O)O)CC4)ccnc23)cc1. The second-order valence-corrected chi connectivity index (χ2v) is 7.79. The van der Waals surface area contributed by atoms with E-state index in [1.165, 1.54) is 4.90 Å². The van der Waals surface area contributed by atoms with E-state index in [1.54, 1.807) is 6.20 Å². The third kappa shape index (κ3) is 4.32. The van der Waals surface area contributed by atoms with E-state index in [0.717, 1.165) is 33.5 Å². The third-order valence-corrected chi connectivity index (χ3v) is 5.27. The second kappa shape index (κ2) is 8.61. The number of nitrogens with zero attached hydrogens (tertiary/aromatic N) is 2. The van der Waals surface area contributed by atoms with Gasteiger partial charge in [-0.25, -0.2) is 4.79 Å². The van der Waals surface area contributed by atoms with Crippen LogP contribution < -0.4 is 9.47 Å². The molecule has 1 saturated heterocycles. The molecule has 4 rings (SSSR count). The number of rotatable bonds is 5. The fourth-order valence-corrected chi connectivity index (χ4v) is 3.82. The largest absolute Gasteiger partial charge is 0.491 e. The average molecular weight is 406 g/mol. The Bertz CT molecular complexity index is 1030. The van der Waals surface area contributed by atoms with Crippen molar-refractivity contribution in [2.75, 3.05) is 13.1 Å². The summed E-state index contributed by atoms with van der Waals surface area (Å²) in [5, 5.41) is 10.1. The first-order valence-electron chi connectivity index (χ1n) is 10.3. The number of benzene rings is 2. The number of carbonyl (C=O) groups is 1. The molecule has 30 heavy (non-hydrogen) atoms. The molecule has 1 amide bonds. The van der Waals surface area contributed by atoms with Gasteiger partial charge in [0.2, 0.25) is 0 Å². The zero-order valence-corrected chi connectivity index (χ0v) is 17.2. The fraction of sp³-hybridized carbons (Fsp3) is 0.333. The molecule has 6 nitrogen and oxygen atoms in total. The van der Waals surface area contributed by atoms with Crippen molar-refractivity contribution in [3.63, 3.8) is 0 Å². The van der Waals surface area contributed by atoms with Crippen LogP contribution in [0.15, 0.2) is 54.7 Å². The summed E-state index contributed by atoms with van der Waals surface area (Å²) >= 11 is 0. The Hall–Kier alpha value is -3.28. The molecule has 0 spiro atoms. The van der Waals surface area contributed by atoms with E-state index in [4.69, 9.17) is 14.6 Å². The van der Waals surface area contributed by atoms with Crippen LogP contribution in [0.3, 0.4) is 0 Å². The predicted molar refractivity (Wildman–Crippen MR) is 116 cm³/mol. The summed E-state index contributed by atoms with van der Waals surface area (Å²) in [4.78, 5) is 17.2. The predicted octanol–water partition coefficient (Wildman–Crippen LogP) is 5.21. The maximum absolute atomic E-state index is 11.1. The quantitative estimate of drug-likeness (QED) is 0.630. The van der Waals surface area contributed by atoms with Crippen molar-refractivity contribution in [1.29, 1.82) is 0 Å². The normalized spacial score (nSPS) is 14.8. The minimum Gasteiger partial charge on any atom is -0.491 e. The lowest BCUT2D eigenvalue weighted by Gasteiger charge is -2.30. The zero-order chi connectivity index (χ0) is 21.1. The summed E-state index contributed by atoms with van der Waals surface area (Å²) in [6.07, 6.45) is 2.42. The van der Waals surface area contributed by atoms with Gasteiger partial charge in [-0.3, -0.25) is 4.98 Å². The Kier molecular flexibility index (Phi) is 5.74. The molecular formula is C24H26N2O4. The Balaban J connectivity index is 1.58. The fourth-order valence-electron chi connectivity index (χ4n) is 3.82. The van der Waals surface area contributed by atoms with Gasteiger partial charge in [-0.15, -0.1) is 0 Å². The lowest BCUT2D eigenvalue weighted by atomic mass is 10.0. The number of fused-ring (bicyclic) bond motifs is 1. The highest BCUT2D eigenvalue weighted by Crippen LogP contribution is 2.34. The van der Waals surface area contributed by atoms with Crippen LogP contribution in [0.25, 0.3) is 22.0 Å². The van der Waals surface area contributed by atoms with E-state index in [0.29, 0.717) is 25.9 Å². The minimum absolute atomic E-state index is 0.00215. The molecule has 0 saturated carbocycles. The Morgan fingerprint density at radius 3 is 2.50 bits per heavy atom. The molecule has 6 heteroatoms. The van der Waals surface area contributed by atoms with Gasteiger partial charge in [-0.1, -0.05) is 24.3 Å². The number of amides is 1. The summed E-state index contributed by atoms with van der Waals surface area (Å²) in [5.74, 6) is 1.63. The lowest BCUT2D eigenvalue weighted by Crippen LogP contribution is -2.41. The summed E-state index contributed by atoms with van der Waals surface area (Å²) in [7, 11) is 0. The summed E-state index contributed by atoms with van der Waals surface area (Å²) in [6, 6.07) is 16.0. The van der Waals surface area contributed by atoms with Crippen LogP contribution in [0.4, 0.5) is 4.79 Å². The molecule has 2 aromatic carbocycles. The van der Waals surface area contributed by atoms with Crippen molar-refractivity contribution >= 4 is 17.0 Å². The molecule has 156 valence electrons. The third-order valence-electron chi connectivity index (χ3n) is 5.27. The number of likely N-dealkylation sites (tertiary alicyclic amines) is 1. The highest BCUT2D eigenvalue weighted by Gasteiger charge is 2.24. The van der Waals surface area contributed by atoms with Crippen LogP contribution in [0.1, 0.15) is 26.7 Å². The first kappa shape index (κ1) is 20.0. The van der Waals surface area contributed by atoms with E-state index in [1.807, 2.05) is 56.3 Å². The number of hydrogen-bond acceptors (Lipinski definition) is 4. The van der Waals surface area contributed by atoms with Crippen LogP contribution in [0, 0.1) is 0 Å². The van der Waals surface area contributed by atoms with Gasteiger partial charge >= 0.3 is 6.09 Å². The van der Waals surface area contributed by atoms with Gasteiger partial charge in [0, 0.05) is 43.1 Å². The standard InChI is InChI=1S/C24H26N2O4/c1-16(2)29-18-8-6-17(7-9-18)20-4-3-5-21-22(10-13-25-23(20)21)30-19-11-14-26(15-12-19)24(27)28/h3-10,13,16,19H,11-12,14-15H2,1-2H3,(H,27,28). The number of piperidine rings is 1. The van der Waals surface area contributed by atoms with Crippen LogP contribution in [0.5, 0.6) is 11.5 Å². The highest BCUT2D eigenvalue weighted by atomic mass is 16.5. The molecular weight excluding hydrogens is 380 g/mol. The van der Waals surface area contributed by atoms with Crippen molar-refractivity contribution in [2.24, 2.45) is 0 Å². The van der Waals surface area contributed by atoms with Crippen molar-refractivity contribution in [2.45, 2.75) is 38.9 Å². The molecule has 2 heterocycles. The molecule has 1 aromatic heterocycles. The molecule has 0 bridgehead atoms. The Morgan fingerprint density at radius 2 is 1.83 bits per heavy atom. The summed E-state index contributed by atoms with van der Waals surface area (Å²) in [6.45, 7) is 5.02. The van der Waals surface area contributed by atoms with Gasteiger partial charge < -0.3 is 19.5 Å². The molecule has 0 atom stereocenters. The number of aromatic nitrogens is 1. The summed E-state index contributed by atoms with van der Waals surface area (Å²) in [5.41, 5.74) is 2.99. The smallest absolute Gasteiger partial charge is 0.407 e. The van der Waals surface area contributed by atoms with Gasteiger partial charge in [0.05, 0.1) is 11.6 Å². The second-order valence-electron chi connectivity index (χ2n) is 7.79. The van der Waals surface area contributed by atoms with Crippen molar-refractivity contribution in [3.05, 3.63) is 54.7 Å². The van der Waals surface area contributed by atoms with E-state index in [-0.39, 0.29) is 12.2 Å². The average Bonchev–Trinajstić information content (AvgIpc) is 2.74. The van der Waals surface area contributed by atoms with Crippen molar-refractivity contribution < 1.29 is 19.4 Å². The maximum Gasteiger partial charge on any atom is 0.407 e. The number of ether oxygens (including phenoxy) is 2. The first-order chi connectivity index (χ1) is 14.5. The molecule has 0 unspecified atom stereocenters. The minimum atomic E-state index is -0.864. The monoisotopic (exact) mass is 406 g/mol. The topological polar surface area (TPSA) is 71.9 Å². The van der Waals surface area contributed by atoms with Gasteiger partial charge in [0.1, 0.15) is 17.6 Å². The number of carboxylic acid groups (broad SMARTS) is 1. The number of para-hydroxylation sites is 1. The molecule has 3 aromatic rings. The van der Waals surface area contributed by atoms with Crippen molar-refractivity contribution in [1.82, 2.24) is 9.88 Å². The summed E-state index contributed by atoms with van der Waals surface area (Å²) < 4.78 is 12.0. The molecule has 1 aliphatic heterocycles. The van der Waals surface area contributed by atoms with E-state index in [9.17, 15) is 4.79 Å². The van der Waals surface area contributed by atoms with Gasteiger partial charge in [-0.2, -0.15) is 0 Å². The van der Waals surface area contributed by atoms with E-state index in [2.05, 4.69) is 11.1 Å².